The second-order valence-corrected chi connectivity index (χ2v) is 20.6. The maximum Gasteiger partial charge on any atom is 0.251 e. The third-order valence-corrected chi connectivity index (χ3v) is 14.9. The van der Waals surface area contributed by atoms with E-state index in [0.29, 0.717) is 24.2 Å². The zero-order valence-corrected chi connectivity index (χ0v) is 45.3. The topological polar surface area (TPSA) is 168 Å². The van der Waals surface area contributed by atoms with Crippen molar-refractivity contribution < 1.29 is 18.7 Å². The zero-order valence-electron chi connectivity index (χ0n) is 45.3. The second kappa shape index (κ2) is 24.0. The van der Waals surface area contributed by atoms with Gasteiger partial charge in [-0.3, -0.25) is 9.59 Å². The van der Waals surface area contributed by atoms with E-state index in [1.165, 1.54) is 0 Å². The Hall–Kier alpha value is -8.90. The molecule has 8 aromatic carbocycles. The summed E-state index contributed by atoms with van der Waals surface area (Å²) in [6, 6.07) is 52.9. The number of aryl methyl sites for hydroxylation is 4. The average Bonchev–Trinajstić information content (AvgIpc) is 3.65. The van der Waals surface area contributed by atoms with E-state index in [9.17, 15) is 9.59 Å². The minimum absolute atomic E-state index is 0.0754. The summed E-state index contributed by atoms with van der Waals surface area (Å²) in [4.78, 5) is 36.2. The van der Waals surface area contributed by atoms with Crippen LogP contribution in [-0.4, -0.2) is 48.0 Å². The minimum Gasteiger partial charge on any atom is -0.398 e. The molecule has 0 aliphatic carbocycles. The summed E-state index contributed by atoms with van der Waals surface area (Å²) in [5, 5.41) is 13.5. The molecule has 10 rings (SSSR count). The lowest BCUT2D eigenvalue weighted by Crippen LogP contribution is -2.33. The summed E-state index contributed by atoms with van der Waals surface area (Å²) in [6.07, 6.45) is 8.00. The third kappa shape index (κ3) is 11.9. The van der Waals surface area contributed by atoms with Crippen molar-refractivity contribution in [2.24, 2.45) is 0 Å². The Bertz CT molecular complexity index is 3540. The Morgan fingerprint density at radius 3 is 1.10 bits per heavy atom. The van der Waals surface area contributed by atoms with Gasteiger partial charge in [0, 0.05) is 109 Å². The van der Waals surface area contributed by atoms with Crippen molar-refractivity contribution in [3.05, 3.63) is 191 Å². The number of rotatable bonds is 21. The van der Waals surface area contributed by atoms with Gasteiger partial charge in [0.25, 0.3) is 11.8 Å². The number of anilines is 4. The number of carbonyl (C=O) groups is 2. The summed E-state index contributed by atoms with van der Waals surface area (Å²) in [5.41, 5.74) is 33.8. The smallest absolute Gasteiger partial charge is 0.251 e. The van der Waals surface area contributed by atoms with Gasteiger partial charge in [0.05, 0.1) is 0 Å². The maximum absolute atomic E-state index is 13.0. The molecule has 0 unspecified atom stereocenters. The van der Waals surface area contributed by atoms with Crippen molar-refractivity contribution in [2.45, 2.75) is 79.1 Å². The number of benzene rings is 8. The molecule has 394 valence electrons. The molecule has 2 heterocycles. The Morgan fingerprint density at radius 1 is 0.397 bits per heavy atom. The first kappa shape index (κ1) is 52.5. The molecule has 0 fully saturated rings. The van der Waals surface area contributed by atoms with E-state index in [1.807, 2.05) is 86.6 Å². The standard InChI is InChI=1S/C66H68N10O2/c1-43-35-57-61(39-53(43)67)75(51-19-11-9-12-20-51)63-41-55(45(3)37-59(63)73-57)69-31-15-5-7-17-33-71-65(77)49-27-23-47(24-28-49)48-25-29-50(30-26-48)66(78)72-34-18-8-6-16-32-70-56-42-64-60(38-46(56)4)74-58-36-44(2)54(68)40-62(58)76(64)52-21-13-10-14-22-52/h9-14,19-30,35-42H,5-8,15-18,31-34H2,1-4H3,(H6,67,68,69,70,71,72,77,78)/p+2. The summed E-state index contributed by atoms with van der Waals surface area (Å²) in [7, 11) is 0. The molecule has 2 amide bonds. The molecule has 0 radical (unpaired) electrons. The summed E-state index contributed by atoms with van der Waals surface area (Å²) in [6.45, 7) is 11.2. The van der Waals surface area contributed by atoms with Crippen LogP contribution in [0.1, 0.15) is 94.3 Å². The van der Waals surface area contributed by atoms with Crippen molar-refractivity contribution in [1.82, 2.24) is 20.6 Å². The average molecular weight is 1040 g/mol. The summed E-state index contributed by atoms with van der Waals surface area (Å²) >= 11 is 0. The zero-order chi connectivity index (χ0) is 54.1. The lowest BCUT2D eigenvalue weighted by Gasteiger charge is -2.12. The number of unbranched alkanes of at least 4 members (excludes halogenated alkanes) is 6. The quantitative estimate of drug-likeness (QED) is 0.0179. The Labute approximate surface area is 457 Å². The number of aromatic nitrogens is 4. The fourth-order valence-corrected chi connectivity index (χ4v) is 10.3. The number of fused-ring (bicyclic) bond motifs is 4. The van der Waals surface area contributed by atoms with E-state index in [1.54, 1.807) is 0 Å². The van der Waals surface area contributed by atoms with Crippen LogP contribution in [0, 0.1) is 27.7 Å². The highest BCUT2D eigenvalue weighted by Gasteiger charge is 2.24. The first-order chi connectivity index (χ1) is 38.0. The van der Waals surface area contributed by atoms with E-state index < -0.39 is 0 Å². The SMILES string of the molecule is Cc1cc2nc3cc(C)c(NCCCCCCNC(=O)c4ccc(-c5ccc(C(=O)NCCCCCCNc6cc7c(cc6C)nc6cc(C)c(N)cc6[n+]7-c6ccccc6)cc5)cc4)cc3[n+](-c3ccccc3)c2cc1N. The minimum atomic E-state index is -0.0754. The summed E-state index contributed by atoms with van der Waals surface area (Å²) < 4.78 is 4.50. The first-order valence-electron chi connectivity index (χ1n) is 27.5. The van der Waals surface area contributed by atoms with Crippen LogP contribution in [0.5, 0.6) is 0 Å². The van der Waals surface area contributed by atoms with Crippen LogP contribution in [0.3, 0.4) is 0 Å². The maximum atomic E-state index is 13.0. The molecule has 78 heavy (non-hydrogen) atoms. The van der Waals surface area contributed by atoms with Gasteiger partial charge in [0.2, 0.25) is 33.4 Å². The molecule has 10 aromatic rings. The predicted octanol–water partition coefficient (Wildman–Crippen LogP) is 12.5. The highest BCUT2D eigenvalue weighted by Crippen LogP contribution is 2.29. The molecule has 0 spiro atoms. The van der Waals surface area contributed by atoms with Crippen LogP contribution >= 0.6 is 0 Å². The number of nitrogens with two attached hydrogens (primary N) is 2. The predicted molar refractivity (Wildman–Crippen MR) is 320 cm³/mol. The molecule has 0 aliphatic rings. The van der Waals surface area contributed by atoms with E-state index in [0.717, 1.165) is 176 Å². The number of amides is 2. The van der Waals surface area contributed by atoms with Gasteiger partial charge in [-0.05, 0) is 135 Å². The molecule has 0 saturated carbocycles. The van der Waals surface area contributed by atoms with Crippen molar-refractivity contribution in [3.8, 4) is 22.5 Å². The number of nitrogens with zero attached hydrogens (tertiary/aromatic N) is 4. The fourth-order valence-electron chi connectivity index (χ4n) is 10.3. The number of hydrogen-bond donors (Lipinski definition) is 6. The van der Waals surface area contributed by atoms with Crippen LogP contribution in [-0.2, 0) is 0 Å². The number of nitrogens with one attached hydrogen (secondary N) is 4. The lowest BCUT2D eigenvalue weighted by atomic mass is 10.0. The van der Waals surface area contributed by atoms with Gasteiger partial charge >= 0.3 is 0 Å². The van der Waals surface area contributed by atoms with Crippen LogP contribution < -0.4 is 41.9 Å². The molecule has 0 saturated heterocycles. The second-order valence-electron chi connectivity index (χ2n) is 20.6. The molecule has 12 nitrogen and oxygen atoms in total. The van der Waals surface area contributed by atoms with E-state index >= 15 is 0 Å². The van der Waals surface area contributed by atoms with E-state index in [4.69, 9.17) is 21.4 Å². The van der Waals surface area contributed by atoms with E-state index in [-0.39, 0.29) is 11.8 Å². The van der Waals surface area contributed by atoms with Crippen LogP contribution in [0.2, 0.25) is 0 Å². The van der Waals surface area contributed by atoms with Crippen molar-refractivity contribution in [2.75, 3.05) is 48.3 Å². The Balaban J connectivity index is 0.622. The third-order valence-electron chi connectivity index (χ3n) is 14.9. The normalized spacial score (nSPS) is 11.4. The lowest BCUT2D eigenvalue weighted by molar-refractivity contribution is -0.538. The molecule has 0 bridgehead atoms. The number of hydrogen-bond acceptors (Lipinski definition) is 8. The van der Waals surface area contributed by atoms with Crippen LogP contribution in [0.4, 0.5) is 22.7 Å². The van der Waals surface area contributed by atoms with Crippen LogP contribution in [0.15, 0.2) is 158 Å². The van der Waals surface area contributed by atoms with Gasteiger partial charge < -0.3 is 32.7 Å². The molecule has 0 aliphatic heterocycles. The molecule has 2 aromatic heterocycles. The van der Waals surface area contributed by atoms with Gasteiger partial charge in [-0.15, -0.1) is 9.13 Å². The van der Waals surface area contributed by atoms with Crippen LogP contribution in [0.25, 0.3) is 66.6 Å². The molecule has 8 N–H and O–H groups in total. The largest absolute Gasteiger partial charge is 0.398 e. The van der Waals surface area contributed by atoms with Gasteiger partial charge in [0.15, 0.2) is 0 Å². The fraction of sp³-hybridized carbons (Fsp3) is 0.242. The van der Waals surface area contributed by atoms with Gasteiger partial charge in [-0.1, -0.05) is 86.3 Å². The highest BCUT2D eigenvalue weighted by atomic mass is 16.2. The van der Waals surface area contributed by atoms with Gasteiger partial charge in [-0.25, -0.2) is 9.97 Å². The Kier molecular flexibility index (Phi) is 16.1. The molecule has 12 heteroatoms. The van der Waals surface area contributed by atoms with E-state index in [2.05, 4.69) is 129 Å². The van der Waals surface area contributed by atoms with Gasteiger partial charge in [0.1, 0.15) is 22.1 Å². The number of para-hydroxylation sites is 2. The molecular formula is C66H70N10O2+2. The molecular weight excluding hydrogens is 965 g/mol. The van der Waals surface area contributed by atoms with Crippen molar-refractivity contribution >= 4 is 78.7 Å². The van der Waals surface area contributed by atoms with Crippen molar-refractivity contribution in [1.29, 1.82) is 0 Å². The monoisotopic (exact) mass is 1030 g/mol. The van der Waals surface area contributed by atoms with Crippen molar-refractivity contribution in [3.63, 3.8) is 0 Å². The van der Waals surface area contributed by atoms with Gasteiger partial charge in [-0.2, -0.15) is 0 Å². The highest BCUT2D eigenvalue weighted by molar-refractivity contribution is 5.96. The molecule has 0 atom stereocenters. The Morgan fingerprint density at radius 2 is 0.731 bits per heavy atom. The first-order valence-corrected chi connectivity index (χ1v) is 27.5. The number of carbonyl (C=O) groups excluding carboxylic acids is 2. The number of nitrogen functional groups attached to an aromatic ring is 2. The summed E-state index contributed by atoms with van der Waals surface area (Å²) in [5.74, 6) is -0.151.